The Hall–Kier alpha value is -5.42. The molecule has 0 radical (unpaired) electrons. The Morgan fingerprint density at radius 3 is 1.14 bits per heavy atom. The molecule has 0 aliphatic heterocycles. The van der Waals surface area contributed by atoms with E-state index in [1.165, 1.54) is 24.3 Å². The Morgan fingerprint density at radius 1 is 0.571 bits per heavy atom. The molecule has 0 aliphatic rings. The van der Waals surface area contributed by atoms with Gasteiger partial charge in [0.2, 0.25) is 0 Å². The summed E-state index contributed by atoms with van der Waals surface area (Å²) < 4.78 is 84.1. The van der Waals surface area contributed by atoms with E-state index in [1.54, 1.807) is 24.3 Å². The maximum absolute atomic E-state index is 12.6. The third kappa shape index (κ3) is 6.65. The van der Waals surface area contributed by atoms with Gasteiger partial charge in [-0.1, -0.05) is 0 Å². The largest absolute Gasteiger partial charge is 0.573 e. The Kier molecular flexibility index (Phi) is 8.16. The highest BCUT2D eigenvalue weighted by Gasteiger charge is 2.31. The predicted molar refractivity (Wildman–Crippen MR) is 135 cm³/mol. The first-order valence-corrected chi connectivity index (χ1v) is 12.6. The highest BCUT2D eigenvalue weighted by Crippen LogP contribution is 2.31. The van der Waals surface area contributed by atoms with E-state index in [0.29, 0.717) is 0 Å². The van der Waals surface area contributed by atoms with Gasteiger partial charge in [-0.15, -0.1) is 49.0 Å². The van der Waals surface area contributed by atoms with Crippen LogP contribution in [0, 0.1) is 54.4 Å². The van der Waals surface area contributed by atoms with Crippen LogP contribution < -0.4 is 18.8 Å². The molecule has 0 amide bonds. The molecular formula is C26H8F6N6O2S2. The summed E-state index contributed by atoms with van der Waals surface area (Å²) in [6.07, 6.45) is -9.87. The lowest BCUT2D eigenvalue weighted by Gasteiger charge is -2.09. The highest BCUT2D eigenvalue weighted by molar-refractivity contribution is 7.11. The van der Waals surface area contributed by atoms with Gasteiger partial charge in [0, 0.05) is 11.1 Å². The van der Waals surface area contributed by atoms with Crippen molar-refractivity contribution in [3.05, 3.63) is 66.9 Å². The van der Waals surface area contributed by atoms with Crippen LogP contribution in [0.3, 0.4) is 0 Å². The summed E-state index contributed by atoms with van der Waals surface area (Å²) in [6, 6.07) is 16.0. The zero-order valence-corrected chi connectivity index (χ0v) is 21.8. The predicted octanol–water partition coefficient (Wildman–Crippen LogP) is 5.41. The summed E-state index contributed by atoms with van der Waals surface area (Å²) in [6.45, 7) is 0. The second-order valence-corrected chi connectivity index (χ2v) is 9.73. The fraction of sp³-hybridized carbons (Fsp3) is 0.0769. The quantitative estimate of drug-likeness (QED) is 0.278. The molecule has 0 atom stereocenters. The number of ether oxygens (including phenoxy) is 2. The number of benzene rings is 2. The molecule has 16 heteroatoms. The Bertz CT molecular complexity index is 1870. The molecule has 42 heavy (non-hydrogen) atoms. The number of nitriles is 4. The maximum Gasteiger partial charge on any atom is 0.573 e. The monoisotopic (exact) mass is 614 g/mol. The van der Waals surface area contributed by atoms with Crippen molar-refractivity contribution in [2.45, 2.75) is 12.7 Å². The van der Waals surface area contributed by atoms with Crippen molar-refractivity contribution in [1.29, 1.82) is 21.0 Å². The van der Waals surface area contributed by atoms with Crippen LogP contribution in [0.5, 0.6) is 11.5 Å². The molecule has 0 aliphatic carbocycles. The first-order valence-electron chi connectivity index (χ1n) is 10.9. The third-order valence-corrected chi connectivity index (χ3v) is 7.37. The lowest BCUT2D eigenvalue weighted by atomic mass is 10.1. The molecule has 2 heterocycles. The summed E-state index contributed by atoms with van der Waals surface area (Å²) >= 11 is 1.71. The van der Waals surface area contributed by atoms with E-state index in [9.17, 15) is 47.4 Å². The first kappa shape index (κ1) is 29.6. The van der Waals surface area contributed by atoms with Gasteiger partial charge in [0.05, 0.1) is 20.5 Å². The average molecular weight is 615 g/mol. The molecule has 0 saturated carbocycles. The normalized spacial score (nSPS) is 11.9. The molecular weight excluding hydrogens is 606 g/mol. The second-order valence-electron chi connectivity index (χ2n) is 7.74. The third-order valence-electron chi connectivity index (χ3n) is 5.06. The van der Waals surface area contributed by atoms with E-state index >= 15 is 0 Å². The van der Waals surface area contributed by atoms with E-state index in [1.807, 2.05) is 0 Å². The molecule has 4 aromatic rings. The van der Waals surface area contributed by atoms with Gasteiger partial charge in [0.1, 0.15) is 45.1 Å². The minimum Gasteiger partial charge on any atom is -0.406 e. The van der Waals surface area contributed by atoms with Crippen LogP contribution in [-0.4, -0.2) is 22.7 Å². The van der Waals surface area contributed by atoms with Crippen molar-refractivity contribution >= 4 is 33.8 Å². The van der Waals surface area contributed by atoms with Crippen molar-refractivity contribution < 1.29 is 35.8 Å². The Labute approximate surface area is 238 Å². The van der Waals surface area contributed by atoms with Gasteiger partial charge in [-0.2, -0.15) is 21.0 Å². The number of hydrogen-bond donors (Lipinski definition) is 0. The second kappa shape index (κ2) is 11.6. The van der Waals surface area contributed by atoms with Gasteiger partial charge in [-0.3, -0.25) is 0 Å². The summed E-state index contributed by atoms with van der Waals surface area (Å²) in [5, 5.41) is 37.6. The Balaban J connectivity index is 2.10. The van der Waals surface area contributed by atoms with Crippen molar-refractivity contribution in [3.8, 4) is 58.3 Å². The van der Waals surface area contributed by atoms with Gasteiger partial charge < -0.3 is 9.47 Å². The number of halogens is 6. The maximum atomic E-state index is 12.6. The zero-order valence-electron chi connectivity index (χ0n) is 20.2. The van der Waals surface area contributed by atoms with Crippen LogP contribution in [0.2, 0.25) is 0 Å². The summed E-state index contributed by atoms with van der Waals surface area (Å²) in [7, 11) is 0. The summed E-state index contributed by atoms with van der Waals surface area (Å²) in [4.78, 5) is 8.71. The highest BCUT2D eigenvalue weighted by atomic mass is 32.1. The molecule has 0 unspecified atom stereocenters. The lowest BCUT2D eigenvalue weighted by molar-refractivity contribution is -0.275. The molecule has 4 rings (SSSR count). The van der Waals surface area contributed by atoms with Gasteiger partial charge in [0.25, 0.3) is 0 Å². The van der Waals surface area contributed by atoms with Crippen molar-refractivity contribution in [2.24, 2.45) is 0 Å². The molecule has 2 aromatic heterocycles. The molecule has 2 aromatic carbocycles. The summed E-state index contributed by atoms with van der Waals surface area (Å²) in [5.74, 6) is -1.04. The topological polar surface area (TPSA) is 139 Å². The number of nitrogens with zero attached hydrogens (tertiary/aromatic N) is 6. The van der Waals surface area contributed by atoms with Crippen LogP contribution in [-0.2, 0) is 0 Å². The minimum atomic E-state index is -4.94. The smallest absolute Gasteiger partial charge is 0.406 e. The fourth-order valence-corrected chi connectivity index (χ4v) is 5.62. The first-order chi connectivity index (χ1) is 19.9. The fourth-order valence-electron chi connectivity index (χ4n) is 3.42. The molecule has 0 saturated heterocycles. The number of rotatable bonds is 4. The Morgan fingerprint density at radius 2 is 0.881 bits per heavy atom. The number of hydrogen-bond acceptors (Lipinski definition) is 10. The zero-order chi connectivity index (χ0) is 30.7. The molecule has 8 nitrogen and oxygen atoms in total. The number of aromatic nitrogens is 2. The van der Waals surface area contributed by atoms with E-state index in [4.69, 9.17) is 0 Å². The number of thiazole rings is 2. The summed E-state index contributed by atoms with van der Waals surface area (Å²) in [5.41, 5.74) is -0.0220. The van der Waals surface area contributed by atoms with Crippen molar-refractivity contribution in [1.82, 2.24) is 9.97 Å². The van der Waals surface area contributed by atoms with Crippen LogP contribution in [0.1, 0.15) is 0 Å². The van der Waals surface area contributed by atoms with E-state index in [2.05, 4.69) is 19.4 Å². The van der Waals surface area contributed by atoms with Gasteiger partial charge in [-0.25, -0.2) is 9.97 Å². The number of alkyl halides is 6. The van der Waals surface area contributed by atoms with Crippen molar-refractivity contribution in [3.63, 3.8) is 0 Å². The molecule has 208 valence electrons. The van der Waals surface area contributed by atoms with Crippen LogP contribution in [0.15, 0.2) is 48.5 Å². The van der Waals surface area contributed by atoms with Crippen LogP contribution in [0.4, 0.5) is 26.3 Å². The molecule has 0 spiro atoms. The van der Waals surface area contributed by atoms with Gasteiger partial charge >= 0.3 is 12.7 Å². The minimum absolute atomic E-state index is 0.0415. The van der Waals surface area contributed by atoms with E-state index in [0.717, 1.165) is 46.9 Å². The van der Waals surface area contributed by atoms with Gasteiger partial charge in [0.15, 0.2) is 11.1 Å². The van der Waals surface area contributed by atoms with E-state index < -0.39 is 24.2 Å². The van der Waals surface area contributed by atoms with E-state index in [-0.39, 0.29) is 52.1 Å². The molecule has 0 N–H and O–H groups in total. The molecule has 0 fully saturated rings. The standard InChI is InChI=1S/C26H8F6N6O2S2/c27-25(28,29)39-17-5-1-13(2-6-17)19-21(41-23(37-19)15(9-33)10-34)22-20(38-24(42-22)16(11-35)12-36)14-3-7-18(8-4-14)40-26(30,31)32/h1-8H/b22-21+. The molecule has 0 bridgehead atoms. The van der Waals surface area contributed by atoms with Crippen molar-refractivity contribution in [2.75, 3.05) is 0 Å². The van der Waals surface area contributed by atoms with Crippen LogP contribution in [0.25, 0.3) is 33.7 Å². The van der Waals surface area contributed by atoms with Crippen LogP contribution >= 0.6 is 22.7 Å². The average Bonchev–Trinajstić information content (AvgIpc) is 3.55. The SMILES string of the molecule is N#CC(C#N)=c1nc(-c2ccc(OC(F)(F)F)cc2)/c(=c2\sc(=C(C#N)C#N)nc2-c2ccc(OC(F)(F)F)cc2)s1. The lowest BCUT2D eigenvalue weighted by Crippen LogP contribution is -2.17. The van der Waals surface area contributed by atoms with Gasteiger partial charge in [-0.05, 0) is 48.5 Å².